The number of pyridine rings is 1. The number of carboxylic acid groups (broad SMARTS) is 1. The molecule has 108 valence electrons. The van der Waals surface area contributed by atoms with Gasteiger partial charge in [-0.25, -0.2) is 0 Å². The summed E-state index contributed by atoms with van der Waals surface area (Å²) in [6.07, 6.45) is 6.04. The van der Waals surface area contributed by atoms with E-state index in [1.165, 1.54) is 0 Å². The average molecular weight is 276 g/mol. The van der Waals surface area contributed by atoms with Gasteiger partial charge >= 0.3 is 5.97 Å². The molecule has 2 heterocycles. The van der Waals surface area contributed by atoms with Crippen LogP contribution in [0.1, 0.15) is 41.6 Å². The van der Waals surface area contributed by atoms with Gasteiger partial charge in [0, 0.05) is 31.9 Å². The second-order valence-corrected chi connectivity index (χ2v) is 5.42. The van der Waals surface area contributed by atoms with Crippen molar-refractivity contribution in [3.63, 3.8) is 0 Å². The van der Waals surface area contributed by atoms with E-state index >= 15 is 0 Å². The molecule has 2 rings (SSSR count). The number of hydrogen-bond donors (Lipinski definition) is 1. The number of likely N-dealkylation sites (tertiary alicyclic amines) is 1. The lowest BCUT2D eigenvalue weighted by molar-refractivity contribution is -0.137. The second-order valence-electron chi connectivity index (χ2n) is 5.42. The van der Waals surface area contributed by atoms with Crippen LogP contribution in [0.2, 0.25) is 0 Å². The van der Waals surface area contributed by atoms with E-state index in [9.17, 15) is 9.59 Å². The molecule has 1 aromatic heterocycles. The third kappa shape index (κ3) is 3.79. The number of carbonyl (C=O) groups is 2. The van der Waals surface area contributed by atoms with Crippen LogP contribution in [0.15, 0.2) is 18.5 Å². The number of rotatable bonds is 4. The summed E-state index contributed by atoms with van der Waals surface area (Å²) in [6, 6.07) is 1.85. The maximum Gasteiger partial charge on any atom is 0.303 e. The van der Waals surface area contributed by atoms with Gasteiger partial charge in [0.1, 0.15) is 0 Å². The molecule has 0 unspecified atom stereocenters. The van der Waals surface area contributed by atoms with E-state index in [0.717, 1.165) is 18.4 Å². The Morgan fingerprint density at radius 3 is 2.65 bits per heavy atom. The lowest BCUT2D eigenvalue weighted by atomic mass is 9.92. The minimum atomic E-state index is -0.741. The van der Waals surface area contributed by atoms with E-state index in [0.29, 0.717) is 31.0 Å². The Labute approximate surface area is 118 Å². The monoisotopic (exact) mass is 276 g/mol. The van der Waals surface area contributed by atoms with Crippen LogP contribution in [-0.2, 0) is 4.79 Å². The Morgan fingerprint density at radius 2 is 2.05 bits per heavy atom. The molecule has 1 aromatic rings. The highest BCUT2D eigenvalue weighted by Gasteiger charge is 2.24. The minimum Gasteiger partial charge on any atom is -0.481 e. The number of hydrogen-bond acceptors (Lipinski definition) is 3. The summed E-state index contributed by atoms with van der Waals surface area (Å²) in [6.45, 7) is 3.33. The van der Waals surface area contributed by atoms with Gasteiger partial charge in [0.05, 0.1) is 5.56 Å². The standard InChI is InChI=1S/C15H20N2O3/c1-11-8-13(10-16-9-11)15(20)17-6-4-12(5-7-17)2-3-14(18)19/h8-10,12H,2-7H2,1H3,(H,18,19). The number of nitrogens with zero attached hydrogens (tertiary/aromatic N) is 2. The van der Waals surface area contributed by atoms with E-state index in [1.807, 2.05) is 17.9 Å². The summed E-state index contributed by atoms with van der Waals surface area (Å²) in [7, 11) is 0. The van der Waals surface area contributed by atoms with Crippen LogP contribution in [0.25, 0.3) is 0 Å². The Kier molecular flexibility index (Phi) is 4.71. The van der Waals surface area contributed by atoms with E-state index in [-0.39, 0.29) is 12.3 Å². The molecular weight excluding hydrogens is 256 g/mol. The van der Waals surface area contributed by atoms with Gasteiger partial charge in [0.2, 0.25) is 0 Å². The highest BCUT2D eigenvalue weighted by atomic mass is 16.4. The van der Waals surface area contributed by atoms with Gasteiger partial charge in [-0.05, 0) is 43.7 Å². The minimum absolute atomic E-state index is 0.0258. The number of aryl methyl sites for hydroxylation is 1. The van der Waals surface area contributed by atoms with Gasteiger partial charge in [0.15, 0.2) is 0 Å². The van der Waals surface area contributed by atoms with Crippen molar-refractivity contribution in [3.05, 3.63) is 29.6 Å². The number of aromatic nitrogens is 1. The lowest BCUT2D eigenvalue weighted by Gasteiger charge is -2.31. The summed E-state index contributed by atoms with van der Waals surface area (Å²) in [4.78, 5) is 28.8. The largest absolute Gasteiger partial charge is 0.481 e. The van der Waals surface area contributed by atoms with Crippen LogP contribution in [-0.4, -0.2) is 40.0 Å². The first-order valence-corrected chi connectivity index (χ1v) is 6.99. The molecule has 1 aliphatic heterocycles. The molecule has 5 heteroatoms. The molecule has 0 atom stereocenters. The first-order chi connectivity index (χ1) is 9.56. The van der Waals surface area contributed by atoms with Crippen LogP contribution >= 0.6 is 0 Å². The maximum absolute atomic E-state index is 12.3. The Bertz CT molecular complexity index is 494. The Hall–Kier alpha value is -1.91. The number of carbonyl (C=O) groups excluding carboxylic acids is 1. The van der Waals surface area contributed by atoms with Crippen molar-refractivity contribution in [1.82, 2.24) is 9.88 Å². The summed E-state index contributed by atoms with van der Waals surface area (Å²) in [5, 5.41) is 8.69. The zero-order chi connectivity index (χ0) is 14.5. The van der Waals surface area contributed by atoms with E-state index < -0.39 is 5.97 Å². The highest BCUT2D eigenvalue weighted by Crippen LogP contribution is 2.23. The van der Waals surface area contributed by atoms with Gasteiger partial charge in [-0.2, -0.15) is 0 Å². The van der Waals surface area contributed by atoms with E-state index in [1.54, 1.807) is 12.4 Å². The summed E-state index contributed by atoms with van der Waals surface area (Å²) in [5.41, 5.74) is 1.61. The van der Waals surface area contributed by atoms with Crippen molar-refractivity contribution in [2.45, 2.75) is 32.6 Å². The third-order valence-electron chi connectivity index (χ3n) is 3.79. The van der Waals surface area contributed by atoms with Gasteiger partial charge in [0.25, 0.3) is 5.91 Å². The predicted octanol–water partition coefficient (Wildman–Crippen LogP) is 2.11. The molecule has 1 N–H and O–H groups in total. The summed E-state index contributed by atoms with van der Waals surface area (Å²) >= 11 is 0. The molecule has 0 radical (unpaired) electrons. The van der Waals surface area contributed by atoms with Crippen molar-refractivity contribution >= 4 is 11.9 Å². The lowest BCUT2D eigenvalue weighted by Crippen LogP contribution is -2.38. The fraction of sp³-hybridized carbons (Fsp3) is 0.533. The predicted molar refractivity (Wildman–Crippen MR) is 74.5 cm³/mol. The second kappa shape index (κ2) is 6.50. The topological polar surface area (TPSA) is 70.5 Å². The molecule has 0 aromatic carbocycles. The van der Waals surface area contributed by atoms with Crippen LogP contribution in [0.5, 0.6) is 0 Å². The third-order valence-corrected chi connectivity index (χ3v) is 3.79. The number of piperidine rings is 1. The zero-order valence-corrected chi connectivity index (χ0v) is 11.7. The van der Waals surface area contributed by atoms with Gasteiger partial charge in [-0.1, -0.05) is 0 Å². The molecule has 1 amide bonds. The van der Waals surface area contributed by atoms with Crippen LogP contribution < -0.4 is 0 Å². The van der Waals surface area contributed by atoms with Crippen molar-refractivity contribution in [1.29, 1.82) is 0 Å². The fourth-order valence-electron chi connectivity index (χ4n) is 2.61. The van der Waals surface area contributed by atoms with Crippen molar-refractivity contribution in [2.75, 3.05) is 13.1 Å². The molecule has 5 nitrogen and oxygen atoms in total. The zero-order valence-electron chi connectivity index (χ0n) is 11.7. The quantitative estimate of drug-likeness (QED) is 0.914. The van der Waals surface area contributed by atoms with E-state index in [4.69, 9.17) is 5.11 Å². The van der Waals surface area contributed by atoms with Crippen LogP contribution in [0.4, 0.5) is 0 Å². The SMILES string of the molecule is Cc1cncc(C(=O)N2CCC(CCC(=O)O)CC2)c1. The first kappa shape index (κ1) is 14.5. The van der Waals surface area contributed by atoms with Gasteiger partial charge in [-0.3, -0.25) is 14.6 Å². The van der Waals surface area contributed by atoms with Crippen LogP contribution in [0, 0.1) is 12.8 Å². The van der Waals surface area contributed by atoms with Crippen molar-refractivity contribution in [3.8, 4) is 0 Å². The molecule has 20 heavy (non-hydrogen) atoms. The van der Waals surface area contributed by atoms with Crippen LogP contribution in [0.3, 0.4) is 0 Å². The molecule has 1 saturated heterocycles. The normalized spacial score (nSPS) is 16.1. The maximum atomic E-state index is 12.3. The Morgan fingerprint density at radius 1 is 1.35 bits per heavy atom. The summed E-state index contributed by atoms with van der Waals surface area (Å²) in [5.74, 6) is -0.294. The fourth-order valence-corrected chi connectivity index (χ4v) is 2.61. The van der Waals surface area contributed by atoms with Gasteiger partial charge < -0.3 is 10.0 Å². The first-order valence-electron chi connectivity index (χ1n) is 6.99. The van der Waals surface area contributed by atoms with Gasteiger partial charge in [-0.15, -0.1) is 0 Å². The molecular formula is C15H20N2O3. The number of carboxylic acids is 1. The molecule has 0 saturated carbocycles. The van der Waals surface area contributed by atoms with Crippen molar-refractivity contribution < 1.29 is 14.7 Å². The molecule has 0 spiro atoms. The smallest absolute Gasteiger partial charge is 0.303 e. The highest BCUT2D eigenvalue weighted by molar-refractivity contribution is 5.94. The molecule has 1 fully saturated rings. The average Bonchev–Trinajstić information content (AvgIpc) is 2.45. The van der Waals surface area contributed by atoms with E-state index in [2.05, 4.69) is 4.98 Å². The summed E-state index contributed by atoms with van der Waals surface area (Å²) < 4.78 is 0. The molecule has 1 aliphatic rings. The Balaban J connectivity index is 1.87. The molecule has 0 bridgehead atoms. The van der Waals surface area contributed by atoms with Crippen molar-refractivity contribution in [2.24, 2.45) is 5.92 Å². The number of aliphatic carboxylic acids is 1. The molecule has 0 aliphatic carbocycles. The number of amides is 1.